The molecule has 8 nitrogen and oxygen atoms in total. The Bertz CT molecular complexity index is 707. The molecule has 0 bridgehead atoms. The zero-order valence-corrected chi connectivity index (χ0v) is 22.6. The summed E-state index contributed by atoms with van der Waals surface area (Å²) in [4.78, 5) is 16.9. The Kier molecular flexibility index (Phi) is 11.8. The van der Waals surface area contributed by atoms with Crippen LogP contribution < -0.4 is 16.0 Å². The molecule has 0 radical (unpaired) electrons. The number of nitrogens with zero attached hydrogens (tertiary/aromatic N) is 1. The second kappa shape index (κ2) is 14.0. The van der Waals surface area contributed by atoms with Crippen LogP contribution in [0, 0.1) is 0 Å². The van der Waals surface area contributed by atoms with Crippen LogP contribution in [0.3, 0.4) is 0 Å². The van der Waals surface area contributed by atoms with Gasteiger partial charge in [-0.05, 0) is 77.8 Å². The van der Waals surface area contributed by atoms with Gasteiger partial charge in [-0.2, -0.15) is 0 Å². The molecule has 2 heterocycles. The number of hydrogen-bond acceptors (Lipinski definition) is 5. The number of carbonyl (C=O) groups is 1. The summed E-state index contributed by atoms with van der Waals surface area (Å²) in [6, 6.07) is 4.38. The van der Waals surface area contributed by atoms with Crippen LogP contribution in [0.25, 0.3) is 0 Å². The lowest BCUT2D eigenvalue weighted by Crippen LogP contribution is -2.48. The molecule has 0 aromatic carbocycles. The number of aliphatic imine (C=N–C) groups is 1. The van der Waals surface area contributed by atoms with Crippen molar-refractivity contribution in [3.05, 3.63) is 24.2 Å². The normalized spacial score (nSPS) is 23.8. The van der Waals surface area contributed by atoms with Gasteiger partial charge in [0.15, 0.2) is 5.96 Å². The summed E-state index contributed by atoms with van der Waals surface area (Å²) in [6.45, 7) is 7.90. The van der Waals surface area contributed by atoms with E-state index in [0.29, 0.717) is 12.6 Å². The van der Waals surface area contributed by atoms with Gasteiger partial charge in [-0.1, -0.05) is 0 Å². The van der Waals surface area contributed by atoms with Gasteiger partial charge in [-0.15, -0.1) is 24.0 Å². The van der Waals surface area contributed by atoms with E-state index in [0.717, 1.165) is 69.8 Å². The summed E-state index contributed by atoms with van der Waals surface area (Å²) in [5.74, 6) is 1.79. The van der Waals surface area contributed by atoms with Crippen LogP contribution in [-0.2, 0) is 15.9 Å². The number of amides is 1. The molecule has 188 valence electrons. The average Bonchev–Trinajstić information content (AvgIpc) is 3.26. The van der Waals surface area contributed by atoms with Crippen molar-refractivity contribution in [2.45, 2.75) is 95.9 Å². The third kappa shape index (κ3) is 11.0. The maximum absolute atomic E-state index is 12.0. The van der Waals surface area contributed by atoms with Crippen LogP contribution in [0.15, 0.2) is 27.8 Å². The predicted molar refractivity (Wildman–Crippen MR) is 140 cm³/mol. The molecule has 2 aliphatic rings. The van der Waals surface area contributed by atoms with Crippen LogP contribution in [0.4, 0.5) is 4.79 Å². The second-order valence-corrected chi connectivity index (χ2v) is 9.77. The molecule has 3 rings (SSSR count). The highest BCUT2D eigenvalue weighted by Gasteiger charge is 2.25. The molecular formula is C24H41IN4O4. The minimum Gasteiger partial charge on any atom is -0.469 e. The number of carbonyl (C=O) groups excluding carboxylic acids is 1. The number of alkyl carbamates (subject to hydrolysis) is 1. The molecule has 0 spiro atoms. The van der Waals surface area contributed by atoms with Gasteiger partial charge in [-0.25, -0.2) is 4.79 Å². The minimum atomic E-state index is -0.475. The monoisotopic (exact) mass is 576 g/mol. The largest absolute Gasteiger partial charge is 0.469 e. The first-order valence-electron chi connectivity index (χ1n) is 12.1. The lowest BCUT2D eigenvalue weighted by molar-refractivity contribution is 0.0224. The Morgan fingerprint density at radius 1 is 1.12 bits per heavy atom. The highest BCUT2D eigenvalue weighted by atomic mass is 127. The highest BCUT2D eigenvalue weighted by Crippen LogP contribution is 2.19. The summed E-state index contributed by atoms with van der Waals surface area (Å²) in [5.41, 5.74) is -0.475. The number of hydrogen-bond donors (Lipinski definition) is 3. The van der Waals surface area contributed by atoms with E-state index < -0.39 is 5.60 Å². The van der Waals surface area contributed by atoms with Gasteiger partial charge in [0.1, 0.15) is 11.4 Å². The molecule has 1 amide bonds. The van der Waals surface area contributed by atoms with Crippen LogP contribution in [-0.4, -0.2) is 55.5 Å². The summed E-state index contributed by atoms with van der Waals surface area (Å²) in [5, 5.41) is 10.0. The van der Waals surface area contributed by atoms with E-state index >= 15 is 0 Å². The standard InChI is InChI=1S/C24H40N4O4.HI/c1-24(2,3)32-23(29)28-19-11-9-18(10-12-19)27-22(25-14-13-20-8-6-16-30-20)26-17-21-7-4-5-15-31-21;/h6,8,16,18-19,21H,4-5,7,9-15,17H2,1-3H3,(H,28,29)(H2,25,26,27);1H. The lowest BCUT2D eigenvalue weighted by atomic mass is 9.91. The van der Waals surface area contributed by atoms with Crippen molar-refractivity contribution in [1.29, 1.82) is 0 Å². The molecule has 1 aromatic rings. The van der Waals surface area contributed by atoms with Crippen LogP contribution >= 0.6 is 24.0 Å². The summed E-state index contributed by atoms with van der Waals surface area (Å²) >= 11 is 0. The first-order valence-corrected chi connectivity index (χ1v) is 12.1. The van der Waals surface area contributed by atoms with Gasteiger partial charge in [0.2, 0.25) is 0 Å². The molecule has 1 unspecified atom stereocenters. The maximum Gasteiger partial charge on any atom is 0.407 e. The van der Waals surface area contributed by atoms with Gasteiger partial charge in [0.05, 0.1) is 18.9 Å². The summed E-state index contributed by atoms with van der Waals surface area (Å²) < 4.78 is 16.6. The first kappa shape index (κ1) is 27.8. The van der Waals surface area contributed by atoms with E-state index in [9.17, 15) is 4.79 Å². The number of nitrogens with one attached hydrogen (secondary N) is 3. The van der Waals surface area contributed by atoms with Gasteiger partial charge in [-0.3, -0.25) is 4.99 Å². The van der Waals surface area contributed by atoms with Gasteiger partial charge in [0, 0.05) is 31.7 Å². The summed E-state index contributed by atoms with van der Waals surface area (Å²) in [6.07, 6.45) is 9.60. The van der Waals surface area contributed by atoms with Crippen molar-refractivity contribution in [2.24, 2.45) is 4.99 Å². The van der Waals surface area contributed by atoms with E-state index in [4.69, 9.17) is 18.9 Å². The van der Waals surface area contributed by atoms with Crippen molar-refractivity contribution in [1.82, 2.24) is 16.0 Å². The van der Waals surface area contributed by atoms with Crippen LogP contribution in [0.2, 0.25) is 0 Å². The molecule has 1 aliphatic carbocycles. The predicted octanol–water partition coefficient (Wildman–Crippen LogP) is 4.38. The van der Waals surface area contributed by atoms with E-state index in [-0.39, 0.29) is 42.2 Å². The lowest BCUT2D eigenvalue weighted by Gasteiger charge is -2.31. The van der Waals surface area contributed by atoms with Crippen molar-refractivity contribution in [3.63, 3.8) is 0 Å². The summed E-state index contributed by atoms with van der Waals surface area (Å²) in [7, 11) is 0. The third-order valence-corrected chi connectivity index (χ3v) is 5.76. The Hall–Kier alpha value is -1.49. The Morgan fingerprint density at radius 3 is 2.45 bits per heavy atom. The van der Waals surface area contributed by atoms with Crippen molar-refractivity contribution < 1.29 is 18.7 Å². The average molecular weight is 577 g/mol. The molecule has 1 saturated heterocycles. The molecule has 3 N–H and O–H groups in total. The molecule has 1 aliphatic heterocycles. The molecular weight excluding hydrogens is 535 g/mol. The van der Waals surface area contributed by atoms with E-state index in [2.05, 4.69) is 16.0 Å². The van der Waals surface area contributed by atoms with Gasteiger partial charge < -0.3 is 29.8 Å². The van der Waals surface area contributed by atoms with Gasteiger partial charge >= 0.3 is 6.09 Å². The first-order chi connectivity index (χ1) is 15.4. The fourth-order valence-electron chi connectivity index (χ4n) is 4.11. The molecule has 33 heavy (non-hydrogen) atoms. The Morgan fingerprint density at radius 2 is 1.85 bits per heavy atom. The van der Waals surface area contributed by atoms with E-state index in [1.807, 2.05) is 32.9 Å². The SMILES string of the molecule is CC(C)(C)OC(=O)NC1CCC(NC(=NCC2CCCCO2)NCCc2ccco2)CC1.I. The van der Waals surface area contributed by atoms with Crippen LogP contribution in [0.5, 0.6) is 0 Å². The van der Waals surface area contributed by atoms with Crippen LogP contribution in [0.1, 0.15) is 71.5 Å². The second-order valence-electron chi connectivity index (χ2n) is 9.77. The zero-order valence-electron chi connectivity index (χ0n) is 20.2. The number of guanidine groups is 1. The highest BCUT2D eigenvalue weighted by molar-refractivity contribution is 14.0. The Labute approximate surface area is 215 Å². The number of rotatable bonds is 7. The number of halogens is 1. The van der Waals surface area contributed by atoms with Crippen molar-refractivity contribution >= 4 is 36.0 Å². The topological polar surface area (TPSA) is 97.1 Å². The molecule has 1 aromatic heterocycles. The van der Waals surface area contributed by atoms with E-state index in [1.54, 1.807) is 6.26 Å². The Balaban J connectivity index is 0.00000385. The fraction of sp³-hybridized carbons (Fsp3) is 0.750. The number of furan rings is 1. The molecule has 9 heteroatoms. The van der Waals surface area contributed by atoms with E-state index in [1.165, 1.54) is 6.42 Å². The molecule has 2 fully saturated rings. The smallest absolute Gasteiger partial charge is 0.407 e. The van der Waals surface area contributed by atoms with Gasteiger partial charge in [0.25, 0.3) is 0 Å². The zero-order chi connectivity index (χ0) is 22.8. The fourth-order valence-corrected chi connectivity index (χ4v) is 4.11. The molecule has 1 saturated carbocycles. The minimum absolute atomic E-state index is 0. The molecule has 1 atom stereocenters. The van der Waals surface area contributed by atoms with Crippen molar-refractivity contribution in [3.8, 4) is 0 Å². The maximum atomic E-state index is 12.0. The van der Waals surface area contributed by atoms with Crippen molar-refractivity contribution in [2.75, 3.05) is 19.7 Å². The quantitative estimate of drug-likeness (QED) is 0.253. The number of ether oxygens (including phenoxy) is 2. The third-order valence-electron chi connectivity index (χ3n) is 5.76.